The zero-order valence-electron chi connectivity index (χ0n) is 19.9. The number of esters is 1. The molecule has 1 aliphatic carbocycles. The largest absolute Gasteiger partial charge is 0.481 e. The van der Waals surface area contributed by atoms with Crippen LogP contribution >= 0.6 is 0 Å². The minimum atomic E-state index is -1.00. The summed E-state index contributed by atoms with van der Waals surface area (Å²) in [5, 5.41) is 12.1. The number of para-hydroxylation sites is 2. The summed E-state index contributed by atoms with van der Waals surface area (Å²) in [7, 11) is 0. The van der Waals surface area contributed by atoms with Gasteiger partial charge in [0.25, 0.3) is 5.91 Å². The van der Waals surface area contributed by atoms with E-state index in [4.69, 9.17) is 4.74 Å². The molecule has 0 radical (unpaired) electrons. The van der Waals surface area contributed by atoms with Crippen LogP contribution in [0.25, 0.3) is 0 Å². The lowest BCUT2D eigenvalue weighted by molar-refractivity contribution is -0.146. The molecule has 0 unspecified atom stereocenters. The second kappa shape index (κ2) is 11.8. The van der Waals surface area contributed by atoms with Gasteiger partial charge < -0.3 is 15.2 Å². The van der Waals surface area contributed by atoms with Crippen LogP contribution in [0.15, 0.2) is 97.1 Å². The summed E-state index contributed by atoms with van der Waals surface area (Å²) in [5.41, 5.74) is 1.93. The monoisotopic (exact) mass is 498 g/mol. The maximum absolute atomic E-state index is 13.0. The van der Waals surface area contributed by atoms with Gasteiger partial charge >= 0.3 is 11.9 Å². The predicted octanol–water partition coefficient (Wildman–Crippen LogP) is 4.81. The normalized spacial score (nSPS) is 16.4. The van der Waals surface area contributed by atoms with Gasteiger partial charge in [-0.2, -0.15) is 0 Å². The molecule has 0 spiro atoms. The highest BCUT2D eigenvalue weighted by Crippen LogP contribution is 2.28. The highest BCUT2D eigenvalue weighted by Gasteiger charge is 2.34. The number of ether oxygens (including phenoxy) is 1. The van der Waals surface area contributed by atoms with Crippen LogP contribution in [0.5, 0.6) is 0 Å². The summed E-state index contributed by atoms with van der Waals surface area (Å²) in [6.07, 6.45) is 4.24. The molecule has 0 aliphatic heterocycles. The molecular weight excluding hydrogens is 472 g/mol. The summed E-state index contributed by atoms with van der Waals surface area (Å²) in [4.78, 5) is 51.2. The second-order valence-electron chi connectivity index (χ2n) is 8.54. The van der Waals surface area contributed by atoms with Crippen molar-refractivity contribution in [2.75, 3.05) is 16.8 Å². The van der Waals surface area contributed by atoms with Crippen molar-refractivity contribution >= 4 is 40.8 Å². The number of nitrogens with one attached hydrogen (secondary N) is 1. The van der Waals surface area contributed by atoms with Crippen LogP contribution < -0.4 is 10.2 Å². The van der Waals surface area contributed by atoms with Gasteiger partial charge in [0.1, 0.15) is 0 Å². The Balaban J connectivity index is 1.37. The standard InChI is InChI=1S/C29H26N2O6/c32-26(31(22-9-3-1-4-10-22)23-11-5-2-6-12-23)19-37-29(36)20-15-17-21(18-16-20)30-27(33)24-13-7-8-14-25(24)28(34)35/h1-12,15-18,24-25H,13-14,19H2,(H,30,33)(H,34,35)/t24-,25+/m0/s1. The number of aliphatic carboxylic acids is 1. The first kappa shape index (κ1) is 25.4. The molecule has 4 rings (SSSR count). The van der Waals surface area contributed by atoms with E-state index in [1.54, 1.807) is 36.4 Å². The number of carboxylic acid groups (broad SMARTS) is 1. The Morgan fingerprint density at radius 2 is 1.32 bits per heavy atom. The highest BCUT2D eigenvalue weighted by molar-refractivity contribution is 6.02. The Hall–Kier alpha value is -4.72. The number of rotatable bonds is 8. The zero-order valence-corrected chi connectivity index (χ0v) is 19.9. The molecule has 8 nitrogen and oxygen atoms in total. The quantitative estimate of drug-likeness (QED) is 0.340. The number of anilines is 3. The number of hydrogen-bond donors (Lipinski definition) is 2. The predicted molar refractivity (Wildman–Crippen MR) is 138 cm³/mol. The van der Waals surface area contributed by atoms with Crippen LogP contribution in [-0.2, 0) is 19.1 Å². The SMILES string of the molecule is O=C(OCC(=O)N(c1ccccc1)c1ccccc1)c1ccc(NC(=O)[C@H]2CC=CC[C@H]2C(=O)O)cc1. The number of allylic oxidation sites excluding steroid dienone is 2. The molecule has 37 heavy (non-hydrogen) atoms. The van der Waals surface area contributed by atoms with E-state index in [1.807, 2.05) is 36.4 Å². The Labute approximate surface area is 214 Å². The molecule has 0 fully saturated rings. The molecule has 0 bridgehead atoms. The molecular formula is C29H26N2O6. The molecule has 0 aromatic heterocycles. The molecule has 0 saturated carbocycles. The lowest BCUT2D eigenvalue weighted by atomic mass is 9.82. The molecule has 3 aromatic rings. The maximum Gasteiger partial charge on any atom is 0.338 e. The van der Waals surface area contributed by atoms with Crippen molar-refractivity contribution in [3.63, 3.8) is 0 Å². The van der Waals surface area contributed by atoms with Crippen LogP contribution in [-0.4, -0.2) is 35.5 Å². The molecule has 0 saturated heterocycles. The third-order valence-electron chi connectivity index (χ3n) is 6.08. The third-order valence-corrected chi connectivity index (χ3v) is 6.08. The average molecular weight is 499 g/mol. The molecule has 2 atom stereocenters. The van der Waals surface area contributed by atoms with Gasteiger partial charge in [-0.05, 0) is 61.4 Å². The molecule has 0 heterocycles. The topological polar surface area (TPSA) is 113 Å². The third kappa shape index (κ3) is 6.29. The Morgan fingerprint density at radius 3 is 1.86 bits per heavy atom. The van der Waals surface area contributed by atoms with Crippen molar-refractivity contribution in [1.29, 1.82) is 0 Å². The average Bonchev–Trinajstić information content (AvgIpc) is 2.93. The van der Waals surface area contributed by atoms with E-state index in [0.717, 1.165) is 0 Å². The lowest BCUT2D eigenvalue weighted by Crippen LogP contribution is -2.34. The molecule has 1 aliphatic rings. The van der Waals surface area contributed by atoms with Crippen molar-refractivity contribution in [3.05, 3.63) is 103 Å². The molecule has 188 valence electrons. The van der Waals surface area contributed by atoms with Gasteiger partial charge in [-0.25, -0.2) is 4.79 Å². The minimum absolute atomic E-state index is 0.209. The van der Waals surface area contributed by atoms with Gasteiger partial charge in [0, 0.05) is 17.1 Å². The summed E-state index contributed by atoms with van der Waals surface area (Å²) in [6, 6.07) is 24.2. The van der Waals surface area contributed by atoms with Crippen molar-refractivity contribution in [2.45, 2.75) is 12.8 Å². The lowest BCUT2D eigenvalue weighted by Gasteiger charge is -2.24. The Bertz CT molecular complexity index is 1250. The number of hydrogen-bond acceptors (Lipinski definition) is 5. The van der Waals surface area contributed by atoms with E-state index in [-0.39, 0.29) is 11.5 Å². The van der Waals surface area contributed by atoms with Gasteiger partial charge in [0.15, 0.2) is 6.61 Å². The zero-order chi connectivity index (χ0) is 26.2. The van der Waals surface area contributed by atoms with Crippen molar-refractivity contribution in [1.82, 2.24) is 0 Å². The van der Waals surface area contributed by atoms with Gasteiger partial charge in [-0.1, -0.05) is 48.6 Å². The molecule has 2 amide bonds. The van der Waals surface area contributed by atoms with Crippen molar-refractivity contribution in [2.24, 2.45) is 11.8 Å². The van der Waals surface area contributed by atoms with Crippen molar-refractivity contribution < 1.29 is 29.0 Å². The number of carbonyl (C=O) groups excluding carboxylic acids is 3. The number of amides is 2. The first-order chi connectivity index (χ1) is 17.9. The summed E-state index contributed by atoms with van der Waals surface area (Å²) >= 11 is 0. The van der Waals surface area contributed by atoms with Crippen molar-refractivity contribution in [3.8, 4) is 0 Å². The fourth-order valence-electron chi connectivity index (χ4n) is 4.17. The Kier molecular flexibility index (Phi) is 8.10. The van der Waals surface area contributed by atoms with Crippen LogP contribution in [0.3, 0.4) is 0 Å². The maximum atomic E-state index is 13.0. The highest BCUT2D eigenvalue weighted by atomic mass is 16.5. The summed E-state index contributed by atoms with van der Waals surface area (Å²) in [6.45, 7) is -0.465. The van der Waals surface area contributed by atoms with Crippen LogP contribution in [0.4, 0.5) is 17.1 Å². The van der Waals surface area contributed by atoms with Crippen LogP contribution in [0.1, 0.15) is 23.2 Å². The van der Waals surface area contributed by atoms with E-state index >= 15 is 0 Å². The minimum Gasteiger partial charge on any atom is -0.481 e. The Morgan fingerprint density at radius 1 is 0.784 bits per heavy atom. The summed E-state index contributed by atoms with van der Waals surface area (Å²) < 4.78 is 5.28. The molecule has 3 aromatic carbocycles. The van der Waals surface area contributed by atoms with Gasteiger partial charge in [-0.3, -0.25) is 19.3 Å². The van der Waals surface area contributed by atoms with Crippen LogP contribution in [0.2, 0.25) is 0 Å². The van der Waals surface area contributed by atoms with E-state index in [0.29, 0.717) is 29.9 Å². The fourth-order valence-corrected chi connectivity index (χ4v) is 4.17. The van der Waals surface area contributed by atoms with Gasteiger partial charge in [-0.15, -0.1) is 0 Å². The van der Waals surface area contributed by atoms with Gasteiger partial charge in [0.05, 0.1) is 17.4 Å². The van der Waals surface area contributed by atoms with E-state index in [2.05, 4.69) is 5.32 Å². The number of carboxylic acids is 1. The summed E-state index contributed by atoms with van der Waals surface area (Å²) in [5.74, 6) is -3.94. The number of nitrogens with zero attached hydrogens (tertiary/aromatic N) is 1. The molecule has 8 heteroatoms. The first-order valence-corrected chi connectivity index (χ1v) is 11.8. The number of carbonyl (C=O) groups is 4. The van der Waals surface area contributed by atoms with Crippen LogP contribution in [0, 0.1) is 11.8 Å². The van der Waals surface area contributed by atoms with Gasteiger partial charge in [0.2, 0.25) is 5.91 Å². The van der Waals surface area contributed by atoms with E-state index in [1.165, 1.54) is 29.2 Å². The second-order valence-corrected chi connectivity index (χ2v) is 8.54. The van der Waals surface area contributed by atoms with E-state index < -0.39 is 36.3 Å². The smallest absolute Gasteiger partial charge is 0.338 e. The first-order valence-electron chi connectivity index (χ1n) is 11.8. The molecule has 2 N–H and O–H groups in total. The fraction of sp³-hybridized carbons (Fsp3) is 0.172. The number of benzene rings is 3. The van der Waals surface area contributed by atoms with E-state index in [9.17, 15) is 24.3 Å².